The first-order valence-corrected chi connectivity index (χ1v) is 8.88. The molecule has 2 aromatic carbocycles. The van der Waals surface area contributed by atoms with Crippen molar-refractivity contribution in [3.63, 3.8) is 0 Å². The van der Waals surface area contributed by atoms with E-state index in [-0.39, 0.29) is 6.04 Å². The SMILES string of the molecule is CCCC[C@H](N)[C@H]1[C@H](c2ccccc2)CN1Cc1ccccc1. The summed E-state index contributed by atoms with van der Waals surface area (Å²) in [6.07, 6.45) is 3.56. The van der Waals surface area contributed by atoms with Gasteiger partial charge in [0, 0.05) is 31.1 Å². The Bertz CT molecular complexity index is 581. The molecule has 2 heteroatoms. The Balaban J connectivity index is 1.72. The van der Waals surface area contributed by atoms with E-state index in [9.17, 15) is 0 Å². The van der Waals surface area contributed by atoms with Crippen molar-refractivity contribution in [2.45, 2.75) is 50.7 Å². The number of benzene rings is 2. The van der Waals surface area contributed by atoms with E-state index in [4.69, 9.17) is 5.73 Å². The number of nitrogens with zero attached hydrogens (tertiary/aromatic N) is 1. The lowest BCUT2D eigenvalue weighted by Gasteiger charge is -2.51. The van der Waals surface area contributed by atoms with Gasteiger partial charge in [0.1, 0.15) is 0 Å². The van der Waals surface area contributed by atoms with Crippen LogP contribution in [0.5, 0.6) is 0 Å². The molecule has 2 aromatic rings. The van der Waals surface area contributed by atoms with Crippen LogP contribution < -0.4 is 5.73 Å². The first-order valence-electron chi connectivity index (χ1n) is 8.88. The molecule has 0 unspecified atom stereocenters. The third kappa shape index (κ3) is 3.82. The van der Waals surface area contributed by atoms with E-state index >= 15 is 0 Å². The van der Waals surface area contributed by atoms with Gasteiger partial charge in [-0.25, -0.2) is 0 Å². The molecule has 1 aliphatic heterocycles. The summed E-state index contributed by atoms with van der Waals surface area (Å²) in [7, 11) is 0. The topological polar surface area (TPSA) is 29.3 Å². The number of hydrogen-bond acceptors (Lipinski definition) is 2. The Morgan fingerprint density at radius 3 is 2.35 bits per heavy atom. The van der Waals surface area contributed by atoms with Gasteiger partial charge in [0.05, 0.1) is 0 Å². The van der Waals surface area contributed by atoms with E-state index in [0.717, 1.165) is 19.5 Å². The highest BCUT2D eigenvalue weighted by molar-refractivity contribution is 5.27. The molecule has 2 N–H and O–H groups in total. The zero-order valence-corrected chi connectivity index (χ0v) is 14.1. The van der Waals surface area contributed by atoms with Gasteiger partial charge in [-0.3, -0.25) is 4.90 Å². The van der Waals surface area contributed by atoms with Gasteiger partial charge >= 0.3 is 0 Å². The highest BCUT2D eigenvalue weighted by atomic mass is 15.2. The Morgan fingerprint density at radius 1 is 1.04 bits per heavy atom. The molecule has 122 valence electrons. The second-order valence-corrected chi connectivity index (χ2v) is 6.73. The average Bonchev–Trinajstić information content (AvgIpc) is 2.58. The van der Waals surface area contributed by atoms with Gasteiger partial charge < -0.3 is 5.73 Å². The third-order valence-electron chi connectivity index (χ3n) is 5.05. The molecule has 0 amide bonds. The summed E-state index contributed by atoms with van der Waals surface area (Å²) in [5.74, 6) is 0.576. The minimum atomic E-state index is 0.262. The fourth-order valence-electron chi connectivity index (χ4n) is 3.77. The highest BCUT2D eigenvalue weighted by Gasteiger charge is 2.42. The van der Waals surface area contributed by atoms with Crippen molar-refractivity contribution in [2.24, 2.45) is 5.73 Å². The Hall–Kier alpha value is -1.64. The summed E-state index contributed by atoms with van der Waals surface area (Å²) >= 11 is 0. The number of hydrogen-bond donors (Lipinski definition) is 1. The summed E-state index contributed by atoms with van der Waals surface area (Å²) < 4.78 is 0. The minimum Gasteiger partial charge on any atom is -0.326 e. The molecule has 2 nitrogen and oxygen atoms in total. The van der Waals surface area contributed by atoms with Gasteiger partial charge in [-0.15, -0.1) is 0 Å². The van der Waals surface area contributed by atoms with Gasteiger partial charge in [-0.2, -0.15) is 0 Å². The second-order valence-electron chi connectivity index (χ2n) is 6.73. The lowest BCUT2D eigenvalue weighted by atomic mass is 9.77. The lowest BCUT2D eigenvalue weighted by molar-refractivity contribution is 0.0303. The number of nitrogens with two attached hydrogens (primary N) is 1. The quantitative estimate of drug-likeness (QED) is 0.831. The number of rotatable bonds is 7. The van der Waals surface area contributed by atoms with E-state index in [1.54, 1.807) is 0 Å². The summed E-state index contributed by atoms with van der Waals surface area (Å²) in [5.41, 5.74) is 9.42. The predicted octanol–water partition coefficient (Wildman–Crippen LogP) is 4.17. The molecule has 1 fully saturated rings. The summed E-state index contributed by atoms with van der Waals surface area (Å²) in [6, 6.07) is 22.4. The molecule has 3 rings (SSSR count). The number of unbranched alkanes of at least 4 members (excludes halogenated alkanes) is 1. The maximum Gasteiger partial charge on any atom is 0.0331 e. The van der Waals surface area contributed by atoms with Gasteiger partial charge in [0.2, 0.25) is 0 Å². The van der Waals surface area contributed by atoms with Crippen LogP contribution in [0.15, 0.2) is 60.7 Å². The van der Waals surface area contributed by atoms with Crippen molar-refractivity contribution in [3.05, 3.63) is 71.8 Å². The average molecular weight is 308 g/mol. The molecule has 23 heavy (non-hydrogen) atoms. The van der Waals surface area contributed by atoms with Crippen LogP contribution in [0.2, 0.25) is 0 Å². The van der Waals surface area contributed by atoms with E-state index in [1.807, 2.05) is 0 Å². The van der Waals surface area contributed by atoms with Crippen LogP contribution in [0.3, 0.4) is 0 Å². The molecule has 1 saturated heterocycles. The Kier molecular flexibility index (Phi) is 5.47. The molecule has 0 radical (unpaired) electrons. The Morgan fingerprint density at radius 2 is 1.70 bits per heavy atom. The summed E-state index contributed by atoms with van der Waals surface area (Å²) in [6.45, 7) is 4.36. The van der Waals surface area contributed by atoms with Crippen LogP contribution in [0.1, 0.15) is 43.2 Å². The van der Waals surface area contributed by atoms with Crippen molar-refractivity contribution < 1.29 is 0 Å². The zero-order valence-electron chi connectivity index (χ0n) is 14.1. The third-order valence-corrected chi connectivity index (χ3v) is 5.05. The van der Waals surface area contributed by atoms with Crippen LogP contribution in [-0.2, 0) is 6.54 Å². The van der Waals surface area contributed by atoms with Crippen molar-refractivity contribution >= 4 is 0 Å². The summed E-state index contributed by atoms with van der Waals surface area (Å²) in [5, 5.41) is 0. The fourth-order valence-corrected chi connectivity index (χ4v) is 3.77. The van der Waals surface area contributed by atoms with Crippen LogP contribution in [0, 0.1) is 0 Å². The van der Waals surface area contributed by atoms with Crippen molar-refractivity contribution in [3.8, 4) is 0 Å². The predicted molar refractivity (Wildman–Crippen MR) is 97.3 cm³/mol. The molecular formula is C21H28N2. The fraction of sp³-hybridized carbons (Fsp3) is 0.429. The number of likely N-dealkylation sites (tertiary alicyclic amines) is 1. The zero-order chi connectivity index (χ0) is 16.1. The maximum absolute atomic E-state index is 6.60. The van der Waals surface area contributed by atoms with E-state index in [1.165, 1.54) is 24.0 Å². The molecule has 0 bridgehead atoms. The molecule has 0 saturated carbocycles. The normalized spacial score (nSPS) is 22.5. The maximum atomic E-state index is 6.60. The monoisotopic (exact) mass is 308 g/mol. The van der Waals surface area contributed by atoms with E-state index in [2.05, 4.69) is 72.5 Å². The molecule has 0 spiro atoms. The first-order chi connectivity index (χ1) is 11.3. The van der Waals surface area contributed by atoms with Crippen molar-refractivity contribution in [1.29, 1.82) is 0 Å². The van der Waals surface area contributed by atoms with Crippen LogP contribution in [0.4, 0.5) is 0 Å². The Labute approximate surface area is 140 Å². The van der Waals surface area contributed by atoms with Gasteiger partial charge in [-0.1, -0.05) is 80.4 Å². The van der Waals surface area contributed by atoms with Gasteiger partial charge in [0.25, 0.3) is 0 Å². The molecule has 3 atom stereocenters. The molecule has 0 aromatic heterocycles. The smallest absolute Gasteiger partial charge is 0.0331 e. The lowest BCUT2D eigenvalue weighted by Crippen LogP contribution is -2.61. The highest BCUT2D eigenvalue weighted by Crippen LogP contribution is 2.37. The largest absolute Gasteiger partial charge is 0.326 e. The van der Waals surface area contributed by atoms with E-state index in [0.29, 0.717) is 12.0 Å². The molecule has 1 heterocycles. The minimum absolute atomic E-state index is 0.262. The van der Waals surface area contributed by atoms with Gasteiger partial charge in [0.15, 0.2) is 0 Å². The standard InChI is InChI=1S/C21H28N2/c1-2-3-14-20(22)21-19(18-12-8-5-9-13-18)16-23(21)15-17-10-6-4-7-11-17/h4-13,19-21H,2-3,14-16,22H2,1H3/t19-,20-,21+/m0/s1. The molecule has 1 aliphatic rings. The van der Waals surface area contributed by atoms with Crippen molar-refractivity contribution in [1.82, 2.24) is 4.90 Å². The second kappa shape index (κ2) is 7.76. The molecular weight excluding hydrogens is 280 g/mol. The van der Waals surface area contributed by atoms with Crippen LogP contribution >= 0.6 is 0 Å². The van der Waals surface area contributed by atoms with Crippen LogP contribution in [-0.4, -0.2) is 23.5 Å². The molecule has 0 aliphatic carbocycles. The van der Waals surface area contributed by atoms with Crippen molar-refractivity contribution in [2.75, 3.05) is 6.54 Å². The first kappa shape index (κ1) is 16.2. The van der Waals surface area contributed by atoms with E-state index < -0.39 is 0 Å². The van der Waals surface area contributed by atoms with Gasteiger partial charge in [-0.05, 0) is 17.5 Å². The van der Waals surface area contributed by atoms with Crippen LogP contribution in [0.25, 0.3) is 0 Å². The summed E-state index contributed by atoms with van der Waals surface area (Å²) in [4.78, 5) is 2.56.